The minimum atomic E-state index is -0.803. The molecule has 0 saturated carbocycles. The number of hydrogen-bond donors (Lipinski definition) is 2. The van der Waals surface area contributed by atoms with E-state index in [1.165, 1.54) is 11.3 Å². The van der Waals surface area contributed by atoms with Gasteiger partial charge in [0, 0.05) is 18.3 Å². The molecule has 0 bridgehead atoms. The molecule has 1 aliphatic rings. The van der Waals surface area contributed by atoms with Gasteiger partial charge in [0.1, 0.15) is 11.1 Å². The van der Waals surface area contributed by atoms with Gasteiger partial charge < -0.3 is 10.2 Å². The number of para-hydroxylation sites is 1. The van der Waals surface area contributed by atoms with Crippen LogP contribution in [0.25, 0.3) is 10.2 Å². The van der Waals surface area contributed by atoms with Gasteiger partial charge in [-0.3, -0.25) is 9.59 Å². The molecule has 1 aliphatic carbocycles. The van der Waals surface area contributed by atoms with Crippen molar-refractivity contribution in [3.63, 3.8) is 0 Å². The van der Waals surface area contributed by atoms with Gasteiger partial charge in [0.2, 0.25) is 0 Å². The Morgan fingerprint density at radius 1 is 1.31 bits per heavy atom. The highest BCUT2D eigenvalue weighted by Crippen LogP contribution is 2.34. The van der Waals surface area contributed by atoms with E-state index in [0.717, 1.165) is 15.8 Å². The Labute approximate surface area is 174 Å². The van der Waals surface area contributed by atoms with Crippen molar-refractivity contribution in [2.45, 2.75) is 38.7 Å². The fourth-order valence-electron chi connectivity index (χ4n) is 3.53. The van der Waals surface area contributed by atoms with Gasteiger partial charge in [-0.2, -0.15) is 0 Å². The van der Waals surface area contributed by atoms with E-state index in [2.05, 4.69) is 4.98 Å². The Morgan fingerprint density at radius 2 is 2.10 bits per heavy atom. The highest BCUT2D eigenvalue weighted by Gasteiger charge is 2.31. The summed E-state index contributed by atoms with van der Waals surface area (Å²) in [6, 6.07) is 7.78. The van der Waals surface area contributed by atoms with E-state index in [1.54, 1.807) is 12.2 Å². The molecule has 3 rings (SSSR count). The van der Waals surface area contributed by atoms with Gasteiger partial charge in [0.15, 0.2) is 5.78 Å². The fourth-order valence-corrected chi connectivity index (χ4v) is 4.46. The number of aliphatic hydroxyl groups is 1. The minimum Gasteiger partial charge on any atom is -0.481 e. The van der Waals surface area contributed by atoms with Gasteiger partial charge in [0.25, 0.3) is 0 Å². The lowest BCUT2D eigenvalue weighted by molar-refractivity contribution is -0.137. The minimum absolute atomic E-state index is 0.0461. The van der Waals surface area contributed by atoms with Crippen LogP contribution in [0.5, 0.6) is 0 Å². The number of aromatic nitrogens is 1. The lowest BCUT2D eigenvalue weighted by Crippen LogP contribution is -2.15. The van der Waals surface area contributed by atoms with E-state index < -0.39 is 12.1 Å². The second-order valence-corrected chi connectivity index (χ2v) is 8.33. The van der Waals surface area contributed by atoms with Crippen molar-refractivity contribution < 1.29 is 19.8 Å². The lowest BCUT2D eigenvalue weighted by Gasteiger charge is -2.16. The van der Waals surface area contributed by atoms with Crippen molar-refractivity contribution in [2.75, 3.05) is 0 Å². The van der Waals surface area contributed by atoms with Crippen LogP contribution in [0.1, 0.15) is 43.7 Å². The van der Waals surface area contributed by atoms with Crippen LogP contribution in [0.15, 0.2) is 60.2 Å². The number of carboxylic acids is 1. The molecule has 0 radical (unpaired) electrons. The molecule has 3 atom stereocenters. The Bertz CT molecular complexity index is 939. The third kappa shape index (κ3) is 5.49. The number of thiazole rings is 1. The molecule has 1 aromatic heterocycles. The molecule has 5 nitrogen and oxygen atoms in total. The zero-order valence-electron chi connectivity index (χ0n) is 16.3. The predicted molar refractivity (Wildman–Crippen MR) is 115 cm³/mol. The lowest BCUT2D eigenvalue weighted by atomic mass is 9.87. The van der Waals surface area contributed by atoms with Gasteiger partial charge >= 0.3 is 5.97 Å². The molecule has 0 saturated heterocycles. The van der Waals surface area contributed by atoms with Crippen molar-refractivity contribution in [3.05, 3.63) is 65.2 Å². The first-order valence-corrected chi connectivity index (χ1v) is 10.6. The van der Waals surface area contributed by atoms with Crippen LogP contribution < -0.4 is 0 Å². The van der Waals surface area contributed by atoms with E-state index in [1.807, 2.05) is 49.4 Å². The largest absolute Gasteiger partial charge is 0.481 e. The van der Waals surface area contributed by atoms with E-state index in [9.17, 15) is 14.7 Å². The van der Waals surface area contributed by atoms with E-state index in [4.69, 9.17) is 5.11 Å². The van der Waals surface area contributed by atoms with Gasteiger partial charge in [0.05, 0.1) is 10.2 Å². The number of rotatable bonds is 9. The van der Waals surface area contributed by atoms with Gasteiger partial charge in [-0.15, -0.1) is 11.3 Å². The number of carbonyl (C=O) groups excluding carboxylic acids is 1. The SMILES string of the molecule is CC1=CC(=O)[C@H](CC=CCCCC(=O)O)[C@H]1C=C[C@@H](O)c1nc2ccccc2s1. The van der Waals surface area contributed by atoms with Crippen LogP contribution in [0.4, 0.5) is 0 Å². The molecule has 29 heavy (non-hydrogen) atoms. The first-order chi connectivity index (χ1) is 14.0. The molecule has 152 valence electrons. The summed E-state index contributed by atoms with van der Waals surface area (Å²) in [5, 5.41) is 19.8. The number of aliphatic carboxylic acids is 1. The zero-order valence-corrected chi connectivity index (χ0v) is 17.1. The van der Waals surface area contributed by atoms with E-state index >= 15 is 0 Å². The molecule has 0 fully saturated rings. The summed E-state index contributed by atoms with van der Waals surface area (Å²) < 4.78 is 1.04. The van der Waals surface area contributed by atoms with Crippen LogP contribution in [0.2, 0.25) is 0 Å². The van der Waals surface area contributed by atoms with Gasteiger partial charge in [-0.25, -0.2) is 4.98 Å². The maximum atomic E-state index is 12.3. The van der Waals surface area contributed by atoms with Crippen molar-refractivity contribution in [1.82, 2.24) is 4.98 Å². The fraction of sp³-hybridized carbons (Fsp3) is 0.348. The number of ketones is 1. The smallest absolute Gasteiger partial charge is 0.303 e. The zero-order chi connectivity index (χ0) is 20.8. The third-order valence-electron chi connectivity index (χ3n) is 5.08. The van der Waals surface area contributed by atoms with Crippen LogP contribution >= 0.6 is 11.3 Å². The van der Waals surface area contributed by atoms with Crippen LogP contribution in [-0.2, 0) is 9.59 Å². The molecule has 0 aliphatic heterocycles. The number of aliphatic hydroxyl groups excluding tert-OH is 1. The highest BCUT2D eigenvalue weighted by atomic mass is 32.1. The molecule has 1 aromatic carbocycles. The third-order valence-corrected chi connectivity index (χ3v) is 6.18. The average Bonchev–Trinajstić information content (AvgIpc) is 3.23. The number of unbranched alkanes of at least 4 members (excludes halogenated alkanes) is 1. The molecule has 2 N–H and O–H groups in total. The maximum Gasteiger partial charge on any atom is 0.303 e. The molecule has 0 spiro atoms. The number of benzene rings is 1. The predicted octanol–water partition coefficient (Wildman–Crippen LogP) is 4.85. The second kappa shape index (κ2) is 9.76. The first kappa shape index (κ1) is 21.1. The Balaban J connectivity index is 1.62. The second-order valence-electron chi connectivity index (χ2n) is 7.27. The number of fused-ring (bicyclic) bond motifs is 1. The van der Waals surface area contributed by atoms with Crippen LogP contribution in [-0.4, -0.2) is 26.9 Å². The molecule has 2 aromatic rings. The number of carbonyl (C=O) groups is 2. The number of hydrogen-bond acceptors (Lipinski definition) is 5. The summed E-state index contributed by atoms with van der Waals surface area (Å²) in [4.78, 5) is 27.4. The highest BCUT2D eigenvalue weighted by molar-refractivity contribution is 7.18. The first-order valence-electron chi connectivity index (χ1n) is 9.76. The van der Waals surface area contributed by atoms with E-state index in [-0.39, 0.29) is 24.0 Å². The summed E-state index contributed by atoms with van der Waals surface area (Å²) in [5.74, 6) is -0.914. The van der Waals surface area contributed by atoms with E-state index in [0.29, 0.717) is 24.3 Å². The van der Waals surface area contributed by atoms with Crippen molar-refractivity contribution in [2.24, 2.45) is 11.8 Å². The quantitative estimate of drug-likeness (QED) is 0.455. The van der Waals surface area contributed by atoms with Gasteiger partial charge in [-0.1, -0.05) is 42.0 Å². The maximum absolute atomic E-state index is 12.3. The standard InChI is InChI=1S/C23H25NO4S/c1-15-14-20(26)17(8-4-2-3-5-11-22(27)28)16(15)12-13-19(25)23-24-18-9-6-7-10-21(18)29-23/h2,4,6-7,9-10,12-14,16-17,19,25H,3,5,8,11H2,1H3,(H,27,28)/t16-,17+,19+/m0/s1. The van der Waals surface area contributed by atoms with Gasteiger partial charge in [-0.05, 0) is 44.4 Å². The molecular formula is C23H25NO4S. The Kier molecular flexibility index (Phi) is 7.12. The Morgan fingerprint density at radius 3 is 2.86 bits per heavy atom. The summed E-state index contributed by atoms with van der Waals surface area (Å²) in [6.45, 7) is 1.94. The molecule has 0 amide bonds. The summed E-state index contributed by atoms with van der Waals surface area (Å²) in [7, 11) is 0. The van der Waals surface area contributed by atoms with Crippen LogP contribution in [0, 0.1) is 11.8 Å². The molecular weight excluding hydrogens is 386 g/mol. The summed E-state index contributed by atoms with van der Waals surface area (Å²) in [6.07, 6.45) is 10.5. The van der Waals surface area contributed by atoms with Crippen molar-refractivity contribution >= 4 is 33.3 Å². The average molecular weight is 412 g/mol. The number of allylic oxidation sites excluding steroid dienone is 5. The van der Waals surface area contributed by atoms with Crippen LogP contribution in [0.3, 0.4) is 0 Å². The molecule has 0 unspecified atom stereocenters. The molecule has 6 heteroatoms. The number of carboxylic acid groups (broad SMARTS) is 1. The van der Waals surface area contributed by atoms with Crippen molar-refractivity contribution in [1.29, 1.82) is 0 Å². The molecule has 1 heterocycles. The normalized spacial score (nSPS) is 20.8. The number of nitrogens with zero attached hydrogens (tertiary/aromatic N) is 1. The topological polar surface area (TPSA) is 87.5 Å². The van der Waals surface area contributed by atoms with Crippen molar-refractivity contribution in [3.8, 4) is 0 Å². The monoisotopic (exact) mass is 411 g/mol. The Hall–Kier alpha value is -2.57. The summed E-state index contributed by atoms with van der Waals surface area (Å²) in [5.41, 5.74) is 1.87. The summed E-state index contributed by atoms with van der Waals surface area (Å²) >= 11 is 1.47.